The number of ether oxygens (including phenoxy) is 2. The van der Waals surface area contributed by atoms with E-state index in [4.69, 9.17) is 4.74 Å². The number of carbonyl (C=O) groups excluding carboxylic acids is 3. The summed E-state index contributed by atoms with van der Waals surface area (Å²) in [5, 5.41) is 10.2. The van der Waals surface area contributed by atoms with E-state index in [9.17, 15) is 19.5 Å². The first kappa shape index (κ1) is 19.5. The molecule has 1 amide bonds. The average molecular weight is 329 g/mol. The van der Waals surface area contributed by atoms with Crippen molar-refractivity contribution in [3.8, 4) is 0 Å². The summed E-state index contributed by atoms with van der Waals surface area (Å²) in [6.45, 7) is 0.827. The molecule has 1 fully saturated rings. The van der Waals surface area contributed by atoms with Gasteiger partial charge >= 0.3 is 35.7 Å². The molecule has 0 aliphatic carbocycles. The molecular formula is C15H16NNaO6. The van der Waals surface area contributed by atoms with Crippen LogP contribution in [0.15, 0.2) is 30.3 Å². The van der Waals surface area contributed by atoms with Gasteiger partial charge in [0.2, 0.25) is 5.97 Å². The minimum atomic E-state index is -1.85. The summed E-state index contributed by atoms with van der Waals surface area (Å²) in [6, 6.07) is 9.31. The molecule has 0 radical (unpaired) electrons. The molecule has 118 valence electrons. The third-order valence-corrected chi connectivity index (χ3v) is 3.48. The third kappa shape index (κ3) is 6.21. The topological polar surface area (TPSA) is 96.0 Å². The molecule has 1 aromatic carbocycles. The van der Waals surface area contributed by atoms with Crippen LogP contribution in [0.25, 0.3) is 0 Å². The molecule has 8 heteroatoms. The number of esters is 1. The summed E-state index contributed by atoms with van der Waals surface area (Å²) in [5.74, 6) is -1.35. The maximum absolute atomic E-state index is 11.9. The van der Waals surface area contributed by atoms with Crippen molar-refractivity contribution < 1.29 is 58.5 Å². The number of benzene rings is 1. The Kier molecular flexibility index (Phi) is 8.08. The molecule has 1 aromatic rings. The predicted octanol–water partition coefficient (Wildman–Crippen LogP) is -2.07. The molecule has 0 bridgehead atoms. The predicted molar refractivity (Wildman–Crippen MR) is 72.4 cm³/mol. The number of carboxylic acid groups (broad SMARTS) is 1. The van der Waals surface area contributed by atoms with Gasteiger partial charge in [0.05, 0.1) is 0 Å². The van der Waals surface area contributed by atoms with E-state index in [1.807, 2.05) is 30.3 Å². The molecule has 0 unspecified atom stereocenters. The van der Waals surface area contributed by atoms with Crippen LogP contribution in [-0.4, -0.2) is 36.2 Å². The first-order chi connectivity index (χ1) is 10.6. The Balaban J connectivity index is 0.00000264. The summed E-state index contributed by atoms with van der Waals surface area (Å²) in [5.41, 5.74) is 0.892. The van der Waals surface area contributed by atoms with Gasteiger partial charge < -0.3 is 24.3 Å². The SMILES string of the molecule is O=C([O-])OC(=O)C1CCN(C(=O)OCc2ccccc2)CC1.[Na+]. The molecule has 1 saturated heterocycles. The fraction of sp³-hybridized carbons (Fsp3) is 0.400. The second-order valence-electron chi connectivity index (χ2n) is 4.97. The van der Waals surface area contributed by atoms with Crippen molar-refractivity contribution in [3.05, 3.63) is 35.9 Å². The van der Waals surface area contributed by atoms with Crippen molar-refractivity contribution in [1.82, 2.24) is 4.90 Å². The van der Waals surface area contributed by atoms with Gasteiger partial charge in [-0.25, -0.2) is 4.79 Å². The minimum Gasteiger partial charge on any atom is -0.484 e. The summed E-state index contributed by atoms with van der Waals surface area (Å²) in [6.07, 6.45) is -1.62. The van der Waals surface area contributed by atoms with Crippen LogP contribution in [-0.2, 0) is 20.9 Å². The Hall–Kier alpha value is -1.57. The van der Waals surface area contributed by atoms with E-state index >= 15 is 0 Å². The minimum absolute atomic E-state index is 0. The van der Waals surface area contributed by atoms with Crippen molar-refractivity contribution in [1.29, 1.82) is 0 Å². The van der Waals surface area contributed by atoms with Crippen LogP contribution in [0.3, 0.4) is 0 Å². The van der Waals surface area contributed by atoms with E-state index in [2.05, 4.69) is 4.74 Å². The molecule has 7 nitrogen and oxygen atoms in total. The zero-order valence-electron chi connectivity index (χ0n) is 12.9. The van der Waals surface area contributed by atoms with Crippen LogP contribution >= 0.6 is 0 Å². The van der Waals surface area contributed by atoms with Crippen molar-refractivity contribution >= 4 is 18.2 Å². The Bertz CT molecular complexity index is 542. The van der Waals surface area contributed by atoms with Gasteiger partial charge in [0, 0.05) is 19.0 Å². The van der Waals surface area contributed by atoms with Crippen molar-refractivity contribution in [2.24, 2.45) is 5.92 Å². The largest absolute Gasteiger partial charge is 1.00 e. The van der Waals surface area contributed by atoms with Crippen LogP contribution in [0.4, 0.5) is 9.59 Å². The van der Waals surface area contributed by atoms with Crippen LogP contribution in [0, 0.1) is 5.92 Å². The second-order valence-corrected chi connectivity index (χ2v) is 4.97. The molecule has 0 aromatic heterocycles. The number of amides is 1. The van der Waals surface area contributed by atoms with Gasteiger partial charge in [0.1, 0.15) is 6.61 Å². The van der Waals surface area contributed by atoms with Crippen molar-refractivity contribution in [2.45, 2.75) is 19.4 Å². The molecule has 23 heavy (non-hydrogen) atoms. The third-order valence-electron chi connectivity index (χ3n) is 3.48. The first-order valence-electron chi connectivity index (χ1n) is 6.94. The number of nitrogens with zero attached hydrogens (tertiary/aromatic N) is 1. The summed E-state index contributed by atoms with van der Waals surface area (Å²) < 4.78 is 9.22. The maximum Gasteiger partial charge on any atom is 1.00 e. The van der Waals surface area contributed by atoms with E-state index in [1.165, 1.54) is 4.90 Å². The Labute approximate surface area is 155 Å². The van der Waals surface area contributed by atoms with Gasteiger partial charge in [-0.2, -0.15) is 0 Å². The maximum atomic E-state index is 11.9. The monoisotopic (exact) mass is 329 g/mol. The first-order valence-corrected chi connectivity index (χ1v) is 6.94. The fourth-order valence-electron chi connectivity index (χ4n) is 2.27. The summed E-state index contributed by atoms with van der Waals surface area (Å²) >= 11 is 0. The number of likely N-dealkylation sites (tertiary alicyclic amines) is 1. The van der Waals surface area contributed by atoms with Crippen LogP contribution in [0.5, 0.6) is 0 Å². The standard InChI is InChI=1S/C15H17NO6.Na/c17-13(22-15(19)20)12-6-8-16(9-7-12)14(18)21-10-11-4-2-1-3-5-11;/h1-5,12H,6-10H2,(H,19,20);/q;+1/p-1. The zero-order valence-corrected chi connectivity index (χ0v) is 14.9. The molecule has 0 saturated carbocycles. The van der Waals surface area contributed by atoms with Gasteiger partial charge in [0.15, 0.2) is 0 Å². The van der Waals surface area contributed by atoms with Gasteiger partial charge in [-0.3, -0.25) is 4.79 Å². The molecule has 0 spiro atoms. The fourth-order valence-corrected chi connectivity index (χ4v) is 2.27. The van der Waals surface area contributed by atoms with Gasteiger partial charge in [-0.05, 0) is 18.4 Å². The smallest absolute Gasteiger partial charge is 0.484 e. The summed E-state index contributed by atoms with van der Waals surface area (Å²) in [4.78, 5) is 35.0. The molecule has 0 atom stereocenters. The number of hydrogen-bond donors (Lipinski definition) is 0. The second kappa shape index (κ2) is 9.54. The van der Waals surface area contributed by atoms with Gasteiger partial charge in [-0.1, -0.05) is 30.3 Å². The van der Waals surface area contributed by atoms with Crippen LogP contribution in [0.1, 0.15) is 18.4 Å². The van der Waals surface area contributed by atoms with E-state index in [0.717, 1.165) is 5.56 Å². The Morgan fingerprint density at radius 3 is 2.30 bits per heavy atom. The molecule has 1 aliphatic heterocycles. The number of rotatable bonds is 3. The van der Waals surface area contributed by atoms with Crippen LogP contribution in [0.2, 0.25) is 0 Å². The van der Waals surface area contributed by atoms with E-state index in [0.29, 0.717) is 25.9 Å². The van der Waals surface area contributed by atoms with E-state index < -0.39 is 24.1 Å². The molecule has 1 aliphatic rings. The molecule has 1 heterocycles. The van der Waals surface area contributed by atoms with Gasteiger partial charge in [0.25, 0.3) is 6.16 Å². The molecule has 0 N–H and O–H groups in total. The van der Waals surface area contributed by atoms with Crippen LogP contribution < -0.4 is 34.7 Å². The average Bonchev–Trinajstić information content (AvgIpc) is 2.53. The quantitative estimate of drug-likeness (QED) is 0.359. The number of piperidine rings is 1. The van der Waals surface area contributed by atoms with Crippen molar-refractivity contribution in [2.75, 3.05) is 13.1 Å². The Morgan fingerprint density at radius 1 is 1.13 bits per heavy atom. The zero-order chi connectivity index (χ0) is 15.9. The van der Waals surface area contributed by atoms with Gasteiger partial charge in [-0.15, -0.1) is 0 Å². The summed E-state index contributed by atoms with van der Waals surface area (Å²) in [7, 11) is 0. The molecule has 2 rings (SSSR count). The van der Waals surface area contributed by atoms with E-state index in [-0.39, 0.29) is 36.2 Å². The normalized spacial score (nSPS) is 14.5. The number of hydrogen-bond acceptors (Lipinski definition) is 6. The van der Waals surface area contributed by atoms with Crippen molar-refractivity contribution in [3.63, 3.8) is 0 Å². The number of carbonyl (C=O) groups is 3. The van der Waals surface area contributed by atoms with E-state index in [1.54, 1.807) is 0 Å². The molecular weight excluding hydrogens is 313 g/mol. The Morgan fingerprint density at radius 2 is 1.74 bits per heavy atom.